The number of ether oxygens (including phenoxy) is 1. The zero-order valence-corrected chi connectivity index (χ0v) is 13.1. The first kappa shape index (κ1) is 15.2. The van der Waals surface area contributed by atoms with Crippen molar-refractivity contribution in [1.82, 2.24) is 14.9 Å². The van der Waals surface area contributed by atoms with Crippen LogP contribution in [0.3, 0.4) is 0 Å². The van der Waals surface area contributed by atoms with Crippen LogP contribution in [0.1, 0.15) is 25.7 Å². The molecule has 0 aromatic carbocycles. The summed E-state index contributed by atoms with van der Waals surface area (Å²) in [6.07, 6.45) is 7.59. The highest BCUT2D eigenvalue weighted by Crippen LogP contribution is 2.24. The summed E-state index contributed by atoms with van der Waals surface area (Å²) in [6.45, 7) is 3.32. The largest absolute Gasteiger partial charge is 0.380 e. The van der Waals surface area contributed by atoms with E-state index in [1.54, 1.807) is 19.5 Å². The van der Waals surface area contributed by atoms with Crippen molar-refractivity contribution in [3.8, 4) is 0 Å². The lowest BCUT2D eigenvalue weighted by atomic mass is 9.94. The Labute approximate surface area is 131 Å². The number of anilines is 1. The Hall–Kier alpha value is -1.69. The smallest absolute Gasteiger partial charge is 0.225 e. The molecule has 1 amide bonds. The summed E-state index contributed by atoms with van der Waals surface area (Å²) in [5, 5.41) is 0. The molecule has 1 atom stereocenters. The van der Waals surface area contributed by atoms with Crippen LogP contribution < -0.4 is 4.90 Å². The lowest BCUT2D eigenvalue weighted by Crippen LogP contribution is -2.48. The predicted molar refractivity (Wildman–Crippen MR) is 83.6 cm³/mol. The fourth-order valence-electron chi connectivity index (χ4n) is 3.37. The molecule has 120 valence electrons. The van der Waals surface area contributed by atoms with Crippen molar-refractivity contribution < 1.29 is 9.53 Å². The number of amides is 1. The van der Waals surface area contributed by atoms with Crippen molar-refractivity contribution in [2.75, 3.05) is 38.2 Å². The molecule has 2 saturated heterocycles. The minimum Gasteiger partial charge on any atom is -0.380 e. The predicted octanol–water partition coefficient (Wildman–Crippen LogP) is 1.33. The first-order valence-corrected chi connectivity index (χ1v) is 8.11. The summed E-state index contributed by atoms with van der Waals surface area (Å²) in [7, 11) is 1.73. The number of nitrogens with zero attached hydrogens (tertiary/aromatic N) is 4. The summed E-state index contributed by atoms with van der Waals surface area (Å²) in [4.78, 5) is 25.4. The number of methoxy groups -OCH3 is 1. The maximum atomic E-state index is 12.7. The number of carbonyl (C=O) groups excluding carboxylic acids is 1. The Morgan fingerprint density at radius 2 is 1.91 bits per heavy atom. The van der Waals surface area contributed by atoms with E-state index in [1.165, 1.54) is 0 Å². The molecule has 0 saturated carbocycles. The van der Waals surface area contributed by atoms with Gasteiger partial charge < -0.3 is 14.5 Å². The van der Waals surface area contributed by atoms with Gasteiger partial charge in [-0.2, -0.15) is 0 Å². The van der Waals surface area contributed by atoms with Crippen LogP contribution >= 0.6 is 0 Å². The summed E-state index contributed by atoms with van der Waals surface area (Å²) in [5.41, 5.74) is 0. The van der Waals surface area contributed by atoms with Gasteiger partial charge in [0.2, 0.25) is 11.9 Å². The van der Waals surface area contributed by atoms with Gasteiger partial charge in [-0.25, -0.2) is 9.97 Å². The van der Waals surface area contributed by atoms with Crippen molar-refractivity contribution >= 4 is 11.9 Å². The van der Waals surface area contributed by atoms with Gasteiger partial charge in [0, 0.05) is 51.6 Å². The molecule has 1 aromatic rings. The second kappa shape index (κ2) is 7.05. The molecule has 2 aliphatic rings. The van der Waals surface area contributed by atoms with E-state index in [1.807, 2.05) is 11.0 Å². The first-order chi connectivity index (χ1) is 10.8. The standard InChI is InChI=1S/C16H24N4O2/c1-22-14-4-2-9-20(12-14)15(21)13-5-10-19(11-6-13)16-17-7-3-8-18-16/h3,7-8,13-14H,2,4-6,9-12H2,1H3. The molecule has 1 aromatic heterocycles. The number of hydrogen-bond acceptors (Lipinski definition) is 5. The fraction of sp³-hybridized carbons (Fsp3) is 0.688. The number of carbonyl (C=O) groups is 1. The first-order valence-electron chi connectivity index (χ1n) is 8.11. The Morgan fingerprint density at radius 3 is 2.59 bits per heavy atom. The van der Waals surface area contributed by atoms with Crippen molar-refractivity contribution in [1.29, 1.82) is 0 Å². The number of piperidine rings is 2. The van der Waals surface area contributed by atoms with Crippen LogP contribution in [0, 0.1) is 5.92 Å². The van der Waals surface area contributed by atoms with Gasteiger partial charge in [-0.3, -0.25) is 4.79 Å². The topological polar surface area (TPSA) is 58.6 Å². The van der Waals surface area contributed by atoms with Crippen LogP contribution in [0.15, 0.2) is 18.5 Å². The van der Waals surface area contributed by atoms with Crippen molar-refractivity contribution in [3.63, 3.8) is 0 Å². The molecule has 0 radical (unpaired) electrons. The van der Waals surface area contributed by atoms with Crippen molar-refractivity contribution in [2.24, 2.45) is 5.92 Å². The highest BCUT2D eigenvalue weighted by atomic mass is 16.5. The van der Waals surface area contributed by atoms with Crippen LogP contribution in [0.2, 0.25) is 0 Å². The van der Waals surface area contributed by atoms with Crippen LogP contribution in [-0.2, 0) is 9.53 Å². The zero-order chi connectivity index (χ0) is 15.4. The van der Waals surface area contributed by atoms with E-state index in [4.69, 9.17) is 4.74 Å². The third-order valence-corrected chi connectivity index (χ3v) is 4.70. The molecule has 0 bridgehead atoms. The minimum absolute atomic E-state index is 0.135. The third-order valence-electron chi connectivity index (χ3n) is 4.70. The summed E-state index contributed by atoms with van der Waals surface area (Å²) >= 11 is 0. The molecular weight excluding hydrogens is 280 g/mol. The zero-order valence-electron chi connectivity index (χ0n) is 13.1. The summed E-state index contributed by atoms with van der Waals surface area (Å²) in [5.74, 6) is 1.21. The van der Waals surface area contributed by atoms with Crippen LogP contribution in [0.4, 0.5) is 5.95 Å². The molecule has 1 unspecified atom stereocenters. The quantitative estimate of drug-likeness (QED) is 0.843. The van der Waals surface area contributed by atoms with E-state index >= 15 is 0 Å². The molecule has 0 aliphatic carbocycles. The van der Waals surface area contributed by atoms with E-state index in [9.17, 15) is 4.79 Å². The van der Waals surface area contributed by atoms with Gasteiger partial charge in [-0.05, 0) is 31.7 Å². The number of hydrogen-bond donors (Lipinski definition) is 0. The monoisotopic (exact) mass is 304 g/mol. The Bertz CT molecular complexity index is 488. The molecule has 0 spiro atoms. The maximum absolute atomic E-state index is 12.7. The van der Waals surface area contributed by atoms with Gasteiger partial charge in [0.15, 0.2) is 0 Å². The van der Waals surface area contributed by atoms with E-state index in [2.05, 4.69) is 14.9 Å². The van der Waals surface area contributed by atoms with Crippen LogP contribution in [0.25, 0.3) is 0 Å². The van der Waals surface area contributed by atoms with E-state index in [0.29, 0.717) is 5.91 Å². The molecule has 3 heterocycles. The molecule has 6 nitrogen and oxygen atoms in total. The highest BCUT2D eigenvalue weighted by molar-refractivity contribution is 5.79. The third kappa shape index (κ3) is 3.38. The van der Waals surface area contributed by atoms with Gasteiger partial charge in [-0.15, -0.1) is 0 Å². The van der Waals surface area contributed by atoms with E-state index in [-0.39, 0.29) is 12.0 Å². The summed E-state index contributed by atoms with van der Waals surface area (Å²) < 4.78 is 5.42. The Morgan fingerprint density at radius 1 is 1.18 bits per heavy atom. The Kier molecular flexibility index (Phi) is 4.87. The van der Waals surface area contributed by atoms with Gasteiger partial charge >= 0.3 is 0 Å². The molecule has 2 fully saturated rings. The maximum Gasteiger partial charge on any atom is 0.225 e. The fourth-order valence-corrected chi connectivity index (χ4v) is 3.37. The highest BCUT2D eigenvalue weighted by Gasteiger charge is 2.31. The number of rotatable bonds is 3. The number of likely N-dealkylation sites (tertiary alicyclic amines) is 1. The van der Waals surface area contributed by atoms with Crippen molar-refractivity contribution in [3.05, 3.63) is 18.5 Å². The average molecular weight is 304 g/mol. The van der Waals surface area contributed by atoms with Gasteiger partial charge in [0.05, 0.1) is 6.10 Å². The van der Waals surface area contributed by atoms with E-state index < -0.39 is 0 Å². The second-order valence-corrected chi connectivity index (χ2v) is 6.09. The van der Waals surface area contributed by atoms with Gasteiger partial charge in [0.1, 0.15) is 0 Å². The second-order valence-electron chi connectivity index (χ2n) is 6.09. The SMILES string of the molecule is COC1CCCN(C(=O)C2CCN(c3ncccn3)CC2)C1. The number of aromatic nitrogens is 2. The molecule has 22 heavy (non-hydrogen) atoms. The molecule has 0 N–H and O–H groups in total. The molecule has 2 aliphatic heterocycles. The normalized spacial score (nSPS) is 23.6. The minimum atomic E-state index is 0.135. The van der Waals surface area contributed by atoms with E-state index in [0.717, 1.165) is 57.8 Å². The van der Waals surface area contributed by atoms with Crippen LogP contribution in [0.5, 0.6) is 0 Å². The van der Waals surface area contributed by atoms with Crippen molar-refractivity contribution in [2.45, 2.75) is 31.8 Å². The van der Waals surface area contributed by atoms with Crippen LogP contribution in [-0.4, -0.2) is 60.2 Å². The summed E-state index contributed by atoms with van der Waals surface area (Å²) in [6, 6.07) is 1.82. The average Bonchev–Trinajstić information content (AvgIpc) is 2.62. The molecule has 3 rings (SSSR count). The van der Waals surface area contributed by atoms with Gasteiger partial charge in [0.25, 0.3) is 0 Å². The molecule has 6 heteroatoms. The Balaban J connectivity index is 1.53. The van der Waals surface area contributed by atoms with Gasteiger partial charge in [-0.1, -0.05) is 0 Å². The lowest BCUT2D eigenvalue weighted by Gasteiger charge is -2.37. The molecular formula is C16H24N4O2. The lowest BCUT2D eigenvalue weighted by molar-refractivity contribution is -0.139.